The minimum atomic E-state index is 0.573. The normalized spacial score (nSPS) is 10.5. The van der Waals surface area contributed by atoms with Crippen LogP contribution >= 0.6 is 0 Å². The van der Waals surface area contributed by atoms with E-state index in [4.69, 9.17) is 4.74 Å². The Bertz CT molecular complexity index is 587. The molecule has 2 heteroatoms. The van der Waals surface area contributed by atoms with Crippen molar-refractivity contribution in [2.24, 2.45) is 0 Å². The molecule has 0 fully saturated rings. The van der Waals surface area contributed by atoms with Crippen LogP contribution in [0.15, 0.2) is 48.5 Å². The number of aldehydes is 1. The van der Waals surface area contributed by atoms with E-state index in [1.54, 1.807) is 6.07 Å². The molecule has 0 saturated heterocycles. The van der Waals surface area contributed by atoms with E-state index >= 15 is 0 Å². The Labute approximate surface area is 139 Å². The maximum Gasteiger partial charge on any atom is 0.153 e. The Morgan fingerprint density at radius 3 is 2.30 bits per heavy atom. The summed E-state index contributed by atoms with van der Waals surface area (Å²) >= 11 is 0. The fourth-order valence-corrected chi connectivity index (χ4v) is 2.63. The molecule has 23 heavy (non-hydrogen) atoms. The van der Waals surface area contributed by atoms with E-state index in [0.717, 1.165) is 18.5 Å². The zero-order valence-electron chi connectivity index (χ0n) is 14.0. The molecule has 2 rings (SSSR count). The van der Waals surface area contributed by atoms with Crippen LogP contribution in [0.4, 0.5) is 0 Å². The number of unbranched alkanes of at least 4 members (excludes halogenated alkanes) is 5. The molecule has 0 unspecified atom stereocenters. The van der Waals surface area contributed by atoms with Crippen molar-refractivity contribution in [2.45, 2.75) is 51.9 Å². The Morgan fingerprint density at radius 2 is 1.57 bits per heavy atom. The third-order valence-corrected chi connectivity index (χ3v) is 4.02. The van der Waals surface area contributed by atoms with Gasteiger partial charge in [0.05, 0.1) is 5.56 Å². The highest BCUT2D eigenvalue weighted by Crippen LogP contribution is 2.24. The summed E-state index contributed by atoms with van der Waals surface area (Å²) in [6.07, 6.45) is 9.86. The van der Waals surface area contributed by atoms with Crippen LogP contribution in [-0.4, -0.2) is 6.29 Å². The summed E-state index contributed by atoms with van der Waals surface area (Å²) in [6.45, 7) is 2.25. The molecule has 0 N–H and O–H groups in total. The van der Waals surface area contributed by atoms with Crippen LogP contribution in [0, 0.1) is 0 Å². The van der Waals surface area contributed by atoms with Gasteiger partial charge in [0.25, 0.3) is 0 Å². The van der Waals surface area contributed by atoms with E-state index in [-0.39, 0.29) is 0 Å². The van der Waals surface area contributed by atoms with Crippen molar-refractivity contribution < 1.29 is 9.53 Å². The van der Waals surface area contributed by atoms with Crippen molar-refractivity contribution in [1.82, 2.24) is 0 Å². The van der Waals surface area contributed by atoms with Crippen LogP contribution in [0.3, 0.4) is 0 Å². The lowest BCUT2D eigenvalue weighted by atomic mass is 10.0. The van der Waals surface area contributed by atoms with Crippen molar-refractivity contribution in [2.75, 3.05) is 0 Å². The molecule has 0 aliphatic rings. The van der Waals surface area contributed by atoms with Gasteiger partial charge in [0, 0.05) is 0 Å². The minimum Gasteiger partial charge on any atom is -0.457 e. The zero-order chi connectivity index (χ0) is 16.3. The second kappa shape index (κ2) is 9.83. The fraction of sp³-hybridized carbons (Fsp3) is 0.381. The summed E-state index contributed by atoms with van der Waals surface area (Å²) in [7, 11) is 0. The first-order valence-corrected chi connectivity index (χ1v) is 8.64. The molecule has 0 aliphatic carbocycles. The number of rotatable bonds is 10. The highest BCUT2D eigenvalue weighted by atomic mass is 16.5. The number of aryl methyl sites for hydroxylation is 1. The van der Waals surface area contributed by atoms with E-state index in [9.17, 15) is 4.79 Å². The van der Waals surface area contributed by atoms with Crippen LogP contribution in [0.5, 0.6) is 11.5 Å². The minimum absolute atomic E-state index is 0.573. The first kappa shape index (κ1) is 17.3. The summed E-state index contributed by atoms with van der Waals surface area (Å²) in [4.78, 5) is 11.0. The van der Waals surface area contributed by atoms with Gasteiger partial charge in [-0.1, -0.05) is 63.3 Å². The van der Waals surface area contributed by atoms with Gasteiger partial charge in [0.2, 0.25) is 0 Å². The summed E-state index contributed by atoms with van der Waals surface area (Å²) in [5.41, 5.74) is 1.92. The highest BCUT2D eigenvalue weighted by molar-refractivity contribution is 5.79. The highest BCUT2D eigenvalue weighted by Gasteiger charge is 2.03. The maximum absolute atomic E-state index is 11.0. The van der Waals surface area contributed by atoms with Crippen LogP contribution in [0.1, 0.15) is 61.4 Å². The molecule has 0 radical (unpaired) electrons. The molecule has 0 atom stereocenters. The number of para-hydroxylation sites is 1. The molecule has 2 aromatic carbocycles. The van der Waals surface area contributed by atoms with E-state index in [0.29, 0.717) is 11.3 Å². The van der Waals surface area contributed by atoms with Gasteiger partial charge >= 0.3 is 0 Å². The second-order valence-corrected chi connectivity index (χ2v) is 5.92. The Hall–Kier alpha value is -2.09. The molecule has 0 spiro atoms. The molecule has 0 amide bonds. The SMILES string of the molecule is CCCCCCCCc1ccc(Oc2ccccc2C=O)cc1. The Morgan fingerprint density at radius 1 is 0.870 bits per heavy atom. The Kier molecular flexibility index (Phi) is 7.38. The second-order valence-electron chi connectivity index (χ2n) is 5.92. The van der Waals surface area contributed by atoms with Gasteiger partial charge in [0.15, 0.2) is 6.29 Å². The third kappa shape index (κ3) is 5.90. The Balaban J connectivity index is 1.81. The van der Waals surface area contributed by atoms with E-state index in [2.05, 4.69) is 19.1 Å². The van der Waals surface area contributed by atoms with Gasteiger partial charge < -0.3 is 4.74 Å². The summed E-state index contributed by atoms with van der Waals surface area (Å²) in [5, 5.41) is 0. The van der Waals surface area contributed by atoms with E-state index in [1.165, 1.54) is 44.1 Å². The van der Waals surface area contributed by atoms with Gasteiger partial charge in [-0.25, -0.2) is 0 Å². The average Bonchev–Trinajstić information content (AvgIpc) is 2.60. The molecule has 0 aliphatic heterocycles. The molecular formula is C21H26O2. The predicted octanol–water partition coefficient (Wildman–Crippen LogP) is 6.19. The van der Waals surface area contributed by atoms with Crippen LogP contribution in [-0.2, 0) is 6.42 Å². The van der Waals surface area contributed by atoms with Gasteiger partial charge in [-0.05, 0) is 42.7 Å². The van der Waals surface area contributed by atoms with Gasteiger partial charge in [0.1, 0.15) is 11.5 Å². The molecule has 122 valence electrons. The summed E-state index contributed by atoms with van der Waals surface area (Å²) in [6, 6.07) is 15.5. The monoisotopic (exact) mass is 310 g/mol. The number of hydrogen-bond donors (Lipinski definition) is 0. The number of carbonyl (C=O) groups is 1. The van der Waals surface area contributed by atoms with Crippen LogP contribution < -0.4 is 4.74 Å². The molecular weight excluding hydrogens is 284 g/mol. The predicted molar refractivity (Wildman–Crippen MR) is 95.4 cm³/mol. The van der Waals surface area contributed by atoms with Crippen LogP contribution in [0.25, 0.3) is 0 Å². The third-order valence-electron chi connectivity index (χ3n) is 4.02. The lowest BCUT2D eigenvalue weighted by Crippen LogP contribution is -1.91. The number of hydrogen-bond acceptors (Lipinski definition) is 2. The van der Waals surface area contributed by atoms with Crippen molar-refractivity contribution in [1.29, 1.82) is 0 Å². The standard InChI is InChI=1S/C21H26O2/c1-2-3-4-5-6-7-10-18-13-15-20(16-14-18)23-21-12-9-8-11-19(21)17-22/h8-9,11-17H,2-7,10H2,1H3. The molecule has 2 aromatic rings. The number of carbonyl (C=O) groups excluding carboxylic acids is 1. The van der Waals surface area contributed by atoms with Gasteiger partial charge in [-0.3, -0.25) is 4.79 Å². The van der Waals surface area contributed by atoms with Crippen molar-refractivity contribution in [3.8, 4) is 11.5 Å². The van der Waals surface area contributed by atoms with Crippen molar-refractivity contribution >= 4 is 6.29 Å². The maximum atomic E-state index is 11.0. The van der Waals surface area contributed by atoms with Gasteiger partial charge in [-0.15, -0.1) is 0 Å². The quantitative estimate of drug-likeness (QED) is 0.386. The lowest BCUT2D eigenvalue weighted by molar-refractivity contribution is 0.112. The van der Waals surface area contributed by atoms with Crippen molar-refractivity contribution in [3.63, 3.8) is 0 Å². The topological polar surface area (TPSA) is 26.3 Å². The first-order valence-electron chi connectivity index (χ1n) is 8.64. The summed E-state index contributed by atoms with van der Waals surface area (Å²) in [5.74, 6) is 1.37. The largest absolute Gasteiger partial charge is 0.457 e. The first-order chi connectivity index (χ1) is 11.3. The number of ether oxygens (including phenoxy) is 1. The molecule has 0 heterocycles. The molecule has 0 saturated carbocycles. The van der Waals surface area contributed by atoms with E-state index < -0.39 is 0 Å². The lowest BCUT2D eigenvalue weighted by Gasteiger charge is -2.08. The average molecular weight is 310 g/mol. The fourth-order valence-electron chi connectivity index (χ4n) is 2.63. The van der Waals surface area contributed by atoms with Crippen molar-refractivity contribution in [3.05, 3.63) is 59.7 Å². The zero-order valence-corrected chi connectivity index (χ0v) is 14.0. The number of benzene rings is 2. The van der Waals surface area contributed by atoms with Gasteiger partial charge in [-0.2, -0.15) is 0 Å². The molecule has 0 aromatic heterocycles. The smallest absolute Gasteiger partial charge is 0.153 e. The summed E-state index contributed by atoms with van der Waals surface area (Å²) < 4.78 is 5.79. The van der Waals surface area contributed by atoms with E-state index in [1.807, 2.05) is 30.3 Å². The molecule has 0 bridgehead atoms. The van der Waals surface area contributed by atoms with Crippen LogP contribution in [0.2, 0.25) is 0 Å². The molecule has 2 nitrogen and oxygen atoms in total.